The van der Waals surface area contributed by atoms with E-state index in [0.717, 1.165) is 13.1 Å². The van der Waals surface area contributed by atoms with Gasteiger partial charge in [-0.3, -0.25) is 4.79 Å². The number of hydrogen-bond donors (Lipinski definition) is 3. The summed E-state index contributed by atoms with van der Waals surface area (Å²) in [6.45, 7) is 11.2. The Kier molecular flexibility index (Phi) is 17.7. The van der Waals surface area contributed by atoms with Gasteiger partial charge in [0.1, 0.15) is 6.17 Å². The van der Waals surface area contributed by atoms with Gasteiger partial charge in [0, 0.05) is 19.6 Å². The molecule has 0 aliphatic heterocycles. The highest BCUT2D eigenvalue weighted by Crippen LogP contribution is 2.17. The number of rotatable bonds is 14. The van der Waals surface area contributed by atoms with Gasteiger partial charge >= 0.3 is 0 Å². The average Bonchev–Trinajstić information content (AvgIpc) is 2.52. The standard InChI is InChI=1S/C13H28FN3O3.C2H6/c1-13(2,12(14)10-17-11-18)20-9-6-16-5-8-19-7-4-15-3;1-2/h11-12,15-16H,4-10H2,1-3H3,(H,17,18);1-2H3. The predicted octanol–water partition coefficient (Wildman–Crippen LogP) is 0.718. The number of nitrogens with one attached hydrogen (secondary N) is 3. The van der Waals surface area contributed by atoms with Crippen molar-refractivity contribution in [1.82, 2.24) is 16.0 Å². The monoisotopic (exact) mass is 323 g/mol. The maximum absolute atomic E-state index is 13.7. The minimum absolute atomic E-state index is 0.0385. The molecule has 22 heavy (non-hydrogen) atoms. The second-order valence-electron chi connectivity index (χ2n) is 4.91. The van der Waals surface area contributed by atoms with Crippen LogP contribution < -0.4 is 16.0 Å². The first-order chi connectivity index (χ1) is 10.5. The van der Waals surface area contributed by atoms with Gasteiger partial charge in [-0.15, -0.1) is 0 Å². The Morgan fingerprint density at radius 3 is 2.32 bits per heavy atom. The molecule has 0 fully saturated rings. The molecule has 0 aliphatic carbocycles. The first-order valence-corrected chi connectivity index (χ1v) is 7.92. The van der Waals surface area contributed by atoms with Crippen molar-refractivity contribution in [1.29, 1.82) is 0 Å². The van der Waals surface area contributed by atoms with E-state index >= 15 is 0 Å². The van der Waals surface area contributed by atoms with E-state index in [1.54, 1.807) is 13.8 Å². The fourth-order valence-electron chi connectivity index (χ4n) is 1.42. The molecule has 0 rings (SSSR count). The van der Waals surface area contributed by atoms with E-state index in [2.05, 4.69) is 16.0 Å². The van der Waals surface area contributed by atoms with Gasteiger partial charge in [0.25, 0.3) is 0 Å². The summed E-state index contributed by atoms with van der Waals surface area (Å²) in [6, 6.07) is 0. The first kappa shape index (κ1) is 23.5. The minimum atomic E-state index is -1.24. The molecule has 0 bridgehead atoms. The Hall–Kier alpha value is -0.760. The van der Waals surface area contributed by atoms with Gasteiger partial charge in [-0.05, 0) is 20.9 Å². The van der Waals surface area contributed by atoms with E-state index < -0.39 is 11.8 Å². The molecule has 3 N–H and O–H groups in total. The molecule has 1 unspecified atom stereocenters. The first-order valence-electron chi connectivity index (χ1n) is 7.92. The van der Waals surface area contributed by atoms with Crippen LogP contribution in [0.1, 0.15) is 27.7 Å². The Morgan fingerprint density at radius 2 is 1.73 bits per heavy atom. The molecule has 7 heteroatoms. The summed E-state index contributed by atoms with van der Waals surface area (Å²) in [5, 5.41) is 8.46. The van der Waals surface area contributed by atoms with E-state index in [0.29, 0.717) is 32.8 Å². The van der Waals surface area contributed by atoms with Crippen LogP contribution in [0.5, 0.6) is 0 Å². The number of ether oxygens (including phenoxy) is 2. The summed E-state index contributed by atoms with van der Waals surface area (Å²) in [7, 11) is 1.88. The average molecular weight is 323 g/mol. The van der Waals surface area contributed by atoms with Gasteiger partial charge in [0.15, 0.2) is 0 Å². The molecule has 0 aromatic heterocycles. The molecule has 6 nitrogen and oxygen atoms in total. The Balaban J connectivity index is 0. The quantitative estimate of drug-likeness (QED) is 0.324. The highest BCUT2D eigenvalue weighted by molar-refractivity contribution is 5.45. The summed E-state index contributed by atoms with van der Waals surface area (Å²) >= 11 is 0. The summed E-state index contributed by atoms with van der Waals surface area (Å²) in [5.74, 6) is 0. The molecule has 0 radical (unpaired) electrons. The lowest BCUT2D eigenvalue weighted by Crippen LogP contribution is -2.43. The van der Waals surface area contributed by atoms with Crippen molar-refractivity contribution in [3.63, 3.8) is 0 Å². The molecular formula is C15H34FN3O3. The summed E-state index contributed by atoms with van der Waals surface area (Å²) in [6.07, 6.45) is -0.754. The SMILES string of the molecule is CC.CNCCOCCNCCOC(C)(C)C(F)CNC=O. The number of likely N-dealkylation sites (N-methyl/N-ethyl adjacent to an activating group) is 1. The van der Waals surface area contributed by atoms with Crippen LogP contribution in [0, 0.1) is 0 Å². The molecule has 0 spiro atoms. The van der Waals surface area contributed by atoms with Gasteiger partial charge in [0.05, 0.1) is 32.0 Å². The van der Waals surface area contributed by atoms with Crippen molar-refractivity contribution in [2.45, 2.75) is 39.5 Å². The third kappa shape index (κ3) is 14.2. The maximum atomic E-state index is 13.7. The zero-order chi connectivity index (χ0) is 17.3. The molecule has 0 aromatic carbocycles. The van der Waals surface area contributed by atoms with Crippen molar-refractivity contribution in [2.24, 2.45) is 0 Å². The molecule has 0 saturated carbocycles. The van der Waals surface area contributed by atoms with Crippen molar-refractivity contribution >= 4 is 6.41 Å². The van der Waals surface area contributed by atoms with E-state index in [4.69, 9.17) is 9.47 Å². The fraction of sp³-hybridized carbons (Fsp3) is 0.933. The lowest BCUT2D eigenvalue weighted by Gasteiger charge is -2.29. The van der Waals surface area contributed by atoms with Crippen LogP contribution in [0.2, 0.25) is 0 Å². The van der Waals surface area contributed by atoms with Crippen LogP contribution in [0.4, 0.5) is 4.39 Å². The van der Waals surface area contributed by atoms with Crippen molar-refractivity contribution < 1.29 is 18.7 Å². The third-order valence-corrected chi connectivity index (χ3v) is 2.81. The maximum Gasteiger partial charge on any atom is 0.207 e. The zero-order valence-electron chi connectivity index (χ0n) is 14.7. The Labute approximate surface area is 134 Å². The number of hydrogen-bond acceptors (Lipinski definition) is 5. The Bertz CT molecular complexity index is 244. The molecule has 1 amide bonds. The van der Waals surface area contributed by atoms with E-state index in [-0.39, 0.29) is 6.54 Å². The second-order valence-corrected chi connectivity index (χ2v) is 4.91. The predicted molar refractivity (Wildman–Crippen MR) is 88.0 cm³/mol. The van der Waals surface area contributed by atoms with Crippen LogP contribution in [0.15, 0.2) is 0 Å². The topological polar surface area (TPSA) is 71.6 Å². The molecule has 0 aliphatic rings. The van der Waals surface area contributed by atoms with Crippen LogP contribution >= 0.6 is 0 Å². The van der Waals surface area contributed by atoms with Gasteiger partial charge in [-0.2, -0.15) is 0 Å². The second kappa shape index (κ2) is 16.6. The summed E-state index contributed by atoms with van der Waals surface area (Å²) in [5.41, 5.74) is -0.916. The van der Waals surface area contributed by atoms with Crippen molar-refractivity contribution in [2.75, 3.05) is 53.0 Å². The van der Waals surface area contributed by atoms with Crippen LogP contribution in [0.3, 0.4) is 0 Å². The lowest BCUT2D eigenvalue weighted by atomic mass is 10.0. The Morgan fingerprint density at radius 1 is 1.14 bits per heavy atom. The smallest absolute Gasteiger partial charge is 0.207 e. The highest BCUT2D eigenvalue weighted by Gasteiger charge is 2.29. The third-order valence-electron chi connectivity index (χ3n) is 2.81. The number of carbonyl (C=O) groups excluding carboxylic acids is 1. The highest BCUT2D eigenvalue weighted by atomic mass is 19.1. The molecule has 1 atom stereocenters. The van der Waals surface area contributed by atoms with Gasteiger partial charge in [-0.1, -0.05) is 13.8 Å². The van der Waals surface area contributed by atoms with Gasteiger partial charge in [-0.25, -0.2) is 4.39 Å². The molecule has 134 valence electrons. The fourth-order valence-corrected chi connectivity index (χ4v) is 1.42. The zero-order valence-corrected chi connectivity index (χ0v) is 14.7. The summed E-state index contributed by atoms with van der Waals surface area (Å²) < 4.78 is 24.5. The van der Waals surface area contributed by atoms with Gasteiger partial charge in [0.2, 0.25) is 6.41 Å². The van der Waals surface area contributed by atoms with E-state index in [1.165, 1.54) is 0 Å². The lowest BCUT2D eigenvalue weighted by molar-refractivity contribution is -0.111. The van der Waals surface area contributed by atoms with Crippen molar-refractivity contribution in [3.05, 3.63) is 0 Å². The number of carbonyl (C=O) groups is 1. The number of amides is 1. The van der Waals surface area contributed by atoms with Crippen LogP contribution in [-0.2, 0) is 14.3 Å². The minimum Gasteiger partial charge on any atom is -0.379 e. The summed E-state index contributed by atoms with van der Waals surface area (Å²) in [4.78, 5) is 10.1. The molecule has 0 aromatic rings. The molecule has 0 heterocycles. The number of alkyl halides is 1. The van der Waals surface area contributed by atoms with Gasteiger partial charge < -0.3 is 25.4 Å². The molecular weight excluding hydrogens is 289 g/mol. The van der Waals surface area contributed by atoms with Crippen LogP contribution in [-0.4, -0.2) is 71.2 Å². The molecule has 0 saturated heterocycles. The largest absolute Gasteiger partial charge is 0.379 e. The normalized spacial score (nSPS) is 12.3. The van der Waals surface area contributed by atoms with Crippen molar-refractivity contribution in [3.8, 4) is 0 Å². The number of halogens is 1. The van der Waals surface area contributed by atoms with E-state index in [9.17, 15) is 9.18 Å². The van der Waals surface area contributed by atoms with E-state index in [1.807, 2.05) is 20.9 Å². The van der Waals surface area contributed by atoms with Crippen LogP contribution in [0.25, 0.3) is 0 Å².